The molecule has 1 aromatic carbocycles. The van der Waals surface area contributed by atoms with Crippen molar-refractivity contribution in [1.82, 2.24) is 0 Å². The molecule has 0 spiro atoms. The van der Waals surface area contributed by atoms with E-state index in [9.17, 15) is 0 Å². The predicted octanol–water partition coefficient (Wildman–Crippen LogP) is 6.04. The van der Waals surface area contributed by atoms with E-state index in [1.54, 1.807) is 0 Å². The number of hydrogen-bond donors (Lipinski definition) is 0. The van der Waals surface area contributed by atoms with E-state index < -0.39 is 0 Å². The number of ether oxygens (including phenoxy) is 1. The van der Waals surface area contributed by atoms with E-state index in [1.807, 2.05) is 6.08 Å². The lowest BCUT2D eigenvalue weighted by atomic mass is 9.77. The van der Waals surface area contributed by atoms with Crippen molar-refractivity contribution in [3.8, 4) is 5.75 Å². The Labute approximate surface area is 137 Å². The normalized spacial score (nSPS) is 13.8. The third-order valence-corrected chi connectivity index (χ3v) is 4.01. The van der Waals surface area contributed by atoms with Gasteiger partial charge in [-0.2, -0.15) is 0 Å². The average Bonchev–Trinajstić information content (AvgIpc) is 2.37. The first-order valence-corrected chi connectivity index (χ1v) is 8.44. The number of allylic oxidation sites excluding steroid dienone is 1. The van der Waals surface area contributed by atoms with Gasteiger partial charge in [0.05, 0.1) is 6.61 Å². The highest BCUT2D eigenvalue weighted by Crippen LogP contribution is 2.41. The highest BCUT2D eigenvalue weighted by molar-refractivity contribution is 5.51. The molecule has 0 aliphatic heterocycles. The molecule has 0 saturated carbocycles. The van der Waals surface area contributed by atoms with E-state index >= 15 is 0 Å². The summed E-state index contributed by atoms with van der Waals surface area (Å²) in [5.74, 6) is 1.57. The first-order valence-electron chi connectivity index (χ1n) is 8.44. The zero-order valence-corrected chi connectivity index (χ0v) is 15.8. The van der Waals surface area contributed by atoms with Crippen LogP contribution in [0.25, 0.3) is 0 Å². The average molecular weight is 303 g/mol. The van der Waals surface area contributed by atoms with E-state index in [4.69, 9.17) is 4.74 Å². The van der Waals surface area contributed by atoms with E-state index in [2.05, 4.69) is 74.1 Å². The van der Waals surface area contributed by atoms with Crippen molar-refractivity contribution in [1.29, 1.82) is 0 Å². The smallest absolute Gasteiger partial charge is 0.126 e. The minimum Gasteiger partial charge on any atom is -0.493 e. The van der Waals surface area contributed by atoms with Gasteiger partial charge >= 0.3 is 0 Å². The van der Waals surface area contributed by atoms with Crippen molar-refractivity contribution in [3.05, 3.63) is 41.5 Å². The lowest BCUT2D eigenvalue weighted by Gasteiger charge is -2.30. The third-order valence-electron chi connectivity index (χ3n) is 4.01. The first-order chi connectivity index (χ1) is 10.0. The van der Waals surface area contributed by atoms with Gasteiger partial charge in [0.1, 0.15) is 5.75 Å². The summed E-state index contributed by atoms with van der Waals surface area (Å²) in [5, 5.41) is 0. The molecule has 0 N–H and O–H groups in total. The Morgan fingerprint density at radius 1 is 1.05 bits per heavy atom. The summed E-state index contributed by atoms with van der Waals surface area (Å²) in [4.78, 5) is 0. The Hall–Kier alpha value is -1.24. The van der Waals surface area contributed by atoms with E-state index in [0.29, 0.717) is 12.5 Å². The van der Waals surface area contributed by atoms with Crippen molar-refractivity contribution in [2.75, 3.05) is 6.61 Å². The molecule has 0 radical (unpaired) electrons. The summed E-state index contributed by atoms with van der Waals surface area (Å²) in [6, 6.07) is 4.67. The van der Waals surface area contributed by atoms with Crippen LogP contribution < -0.4 is 4.74 Å². The third kappa shape index (κ3) is 4.63. The van der Waals surface area contributed by atoms with Gasteiger partial charge in [-0.3, -0.25) is 0 Å². The molecule has 1 heteroatoms. The summed E-state index contributed by atoms with van der Waals surface area (Å²) < 4.78 is 6.09. The second-order valence-electron chi connectivity index (χ2n) is 8.37. The molecule has 0 aromatic heterocycles. The zero-order valence-electron chi connectivity index (χ0n) is 15.8. The summed E-state index contributed by atoms with van der Waals surface area (Å²) in [6.45, 7) is 22.5. The molecule has 1 nitrogen and oxygen atoms in total. The highest BCUT2D eigenvalue weighted by atomic mass is 16.5. The van der Waals surface area contributed by atoms with E-state index in [-0.39, 0.29) is 10.8 Å². The SMILES string of the molecule is C=CC(C)Cc1cc(C(C)(C)C)c(OCC)c(C(C)(C)C)c1. The molecule has 0 aliphatic rings. The van der Waals surface area contributed by atoms with Crippen molar-refractivity contribution >= 4 is 0 Å². The highest BCUT2D eigenvalue weighted by Gasteiger charge is 2.27. The number of benzene rings is 1. The van der Waals surface area contributed by atoms with Crippen LogP contribution in [0.4, 0.5) is 0 Å². The van der Waals surface area contributed by atoms with Crippen molar-refractivity contribution < 1.29 is 4.74 Å². The van der Waals surface area contributed by atoms with Gasteiger partial charge in [0.2, 0.25) is 0 Å². The van der Waals surface area contributed by atoms with Crippen LogP contribution in [-0.2, 0) is 17.3 Å². The predicted molar refractivity (Wildman–Crippen MR) is 98.1 cm³/mol. The molecule has 0 bridgehead atoms. The fraction of sp³-hybridized carbons (Fsp3) is 0.619. The molecular formula is C21H34O. The van der Waals surface area contributed by atoms with Gasteiger partial charge in [-0.15, -0.1) is 6.58 Å². The summed E-state index contributed by atoms with van der Waals surface area (Å²) in [6.07, 6.45) is 3.06. The molecule has 124 valence electrons. The fourth-order valence-corrected chi connectivity index (χ4v) is 2.68. The van der Waals surface area contributed by atoms with Crippen molar-refractivity contribution in [2.45, 2.75) is 72.6 Å². The van der Waals surface area contributed by atoms with Crippen molar-refractivity contribution in [2.24, 2.45) is 5.92 Å². The van der Waals surface area contributed by atoms with Crippen LogP contribution in [0.3, 0.4) is 0 Å². The molecule has 0 aliphatic carbocycles. The molecular weight excluding hydrogens is 268 g/mol. The topological polar surface area (TPSA) is 9.23 Å². The lowest BCUT2D eigenvalue weighted by Crippen LogP contribution is -2.20. The van der Waals surface area contributed by atoms with Crippen LogP contribution in [-0.4, -0.2) is 6.61 Å². The summed E-state index contributed by atoms with van der Waals surface area (Å²) >= 11 is 0. The van der Waals surface area contributed by atoms with Gasteiger partial charge in [-0.05, 0) is 35.7 Å². The van der Waals surface area contributed by atoms with Crippen LogP contribution in [0.1, 0.15) is 72.1 Å². The minimum absolute atomic E-state index is 0.0674. The van der Waals surface area contributed by atoms with Crippen LogP contribution >= 0.6 is 0 Å². The fourth-order valence-electron chi connectivity index (χ4n) is 2.68. The molecule has 1 atom stereocenters. The maximum absolute atomic E-state index is 6.09. The molecule has 0 fully saturated rings. The minimum atomic E-state index is 0.0674. The maximum atomic E-state index is 6.09. The Morgan fingerprint density at radius 3 is 1.82 bits per heavy atom. The van der Waals surface area contributed by atoms with E-state index in [1.165, 1.54) is 16.7 Å². The van der Waals surface area contributed by atoms with Gasteiger partial charge in [-0.25, -0.2) is 0 Å². The first kappa shape index (κ1) is 18.8. The van der Waals surface area contributed by atoms with Gasteiger partial charge in [0.25, 0.3) is 0 Å². The van der Waals surface area contributed by atoms with Crippen LogP contribution in [0, 0.1) is 5.92 Å². The Balaban J connectivity index is 3.57. The number of rotatable bonds is 5. The second kappa shape index (κ2) is 6.89. The standard InChI is InChI=1S/C21H34O/c1-10-15(3)12-16-13-17(20(4,5)6)19(22-11-2)18(14-16)21(7,8)9/h10,13-15H,1,11-12H2,2-9H3. The Kier molecular flexibility index (Phi) is 5.89. The van der Waals surface area contributed by atoms with Crippen LogP contribution in [0.5, 0.6) is 5.75 Å². The molecule has 22 heavy (non-hydrogen) atoms. The van der Waals surface area contributed by atoms with Crippen molar-refractivity contribution in [3.63, 3.8) is 0 Å². The lowest BCUT2D eigenvalue weighted by molar-refractivity contribution is 0.319. The zero-order chi connectivity index (χ0) is 17.1. The molecule has 0 saturated heterocycles. The molecule has 0 amide bonds. The number of hydrogen-bond acceptors (Lipinski definition) is 1. The molecule has 1 aromatic rings. The maximum Gasteiger partial charge on any atom is 0.126 e. The van der Waals surface area contributed by atoms with Crippen LogP contribution in [0.2, 0.25) is 0 Å². The quantitative estimate of drug-likeness (QED) is 0.602. The van der Waals surface area contributed by atoms with Crippen LogP contribution in [0.15, 0.2) is 24.8 Å². The second-order valence-corrected chi connectivity index (χ2v) is 8.37. The van der Waals surface area contributed by atoms with Gasteiger partial charge < -0.3 is 4.74 Å². The monoisotopic (exact) mass is 302 g/mol. The Bertz CT molecular complexity index is 477. The largest absolute Gasteiger partial charge is 0.493 e. The van der Waals surface area contributed by atoms with Gasteiger partial charge in [-0.1, -0.05) is 66.7 Å². The Morgan fingerprint density at radius 2 is 1.50 bits per heavy atom. The summed E-state index contributed by atoms with van der Waals surface area (Å²) in [5.41, 5.74) is 4.14. The van der Waals surface area contributed by atoms with Gasteiger partial charge in [0, 0.05) is 11.1 Å². The molecule has 0 heterocycles. The van der Waals surface area contributed by atoms with E-state index in [0.717, 1.165) is 12.2 Å². The molecule has 1 rings (SSSR count). The van der Waals surface area contributed by atoms with Gasteiger partial charge in [0.15, 0.2) is 0 Å². The molecule has 1 unspecified atom stereocenters. The summed E-state index contributed by atoms with van der Waals surface area (Å²) in [7, 11) is 0.